The number of benzene rings is 3. The molecule has 0 unspecified atom stereocenters. The Morgan fingerprint density at radius 3 is 1.81 bits per heavy atom. The molecular formula is C27H24N4O5. The minimum atomic E-state index is -0.458. The zero-order valence-corrected chi connectivity index (χ0v) is 20.8. The zero-order valence-electron chi connectivity index (χ0n) is 20.8. The number of aliphatic imine (C=N–C) groups is 1. The van der Waals surface area contributed by atoms with E-state index in [0.29, 0.717) is 50.8 Å². The molecule has 0 fully saturated rings. The molecule has 0 aliphatic carbocycles. The Balaban J connectivity index is 1.92. The van der Waals surface area contributed by atoms with Crippen LogP contribution in [0.5, 0.6) is 23.0 Å². The summed E-state index contributed by atoms with van der Waals surface area (Å²) in [5, 5.41) is 12.6. The molecule has 0 N–H and O–H groups in total. The number of nitro benzene ring substituents is 1. The maximum absolute atomic E-state index is 11.4. The summed E-state index contributed by atoms with van der Waals surface area (Å²) < 4.78 is 12.9. The number of fused-ring (bicyclic) bond motifs is 4. The summed E-state index contributed by atoms with van der Waals surface area (Å²) in [5.41, 5.74) is 2.12. The summed E-state index contributed by atoms with van der Waals surface area (Å²) in [6, 6.07) is 9.44. The summed E-state index contributed by atoms with van der Waals surface area (Å²) in [5.74, 6) is 1.85. The van der Waals surface area contributed by atoms with Gasteiger partial charge in [0.15, 0.2) is 23.0 Å². The smallest absolute Gasteiger partial charge is 0.273 e. The van der Waals surface area contributed by atoms with E-state index in [0.717, 1.165) is 11.1 Å². The largest absolute Gasteiger partial charge is 0.452 e. The second kappa shape index (κ2) is 7.83. The van der Waals surface area contributed by atoms with Crippen molar-refractivity contribution < 1.29 is 19.2 Å². The first kappa shape index (κ1) is 23.4. The zero-order chi connectivity index (χ0) is 26.0. The molecule has 9 nitrogen and oxygen atoms in total. The molecule has 2 aliphatic heterocycles. The van der Waals surface area contributed by atoms with Gasteiger partial charge >= 0.3 is 0 Å². The molecule has 2 heterocycles. The minimum absolute atomic E-state index is 0.0746. The molecule has 2 aliphatic rings. The Bertz CT molecular complexity index is 1530. The van der Waals surface area contributed by atoms with E-state index in [1.165, 1.54) is 12.1 Å². The predicted octanol–water partition coefficient (Wildman–Crippen LogP) is 6.27. The number of nitro groups is 1. The fourth-order valence-corrected chi connectivity index (χ4v) is 4.53. The molecule has 182 valence electrons. The Kier molecular flexibility index (Phi) is 5.09. The van der Waals surface area contributed by atoms with E-state index in [2.05, 4.69) is 4.99 Å². The number of ether oxygens (including phenoxy) is 2. The molecule has 0 spiro atoms. The molecule has 0 saturated carbocycles. The summed E-state index contributed by atoms with van der Waals surface area (Å²) in [7, 11) is 0. The van der Waals surface area contributed by atoms with E-state index in [1.54, 1.807) is 30.3 Å². The first-order valence-electron chi connectivity index (χ1n) is 11.4. The second-order valence-electron chi connectivity index (χ2n) is 10.8. The van der Waals surface area contributed by atoms with Gasteiger partial charge < -0.3 is 9.47 Å². The van der Waals surface area contributed by atoms with Crippen LogP contribution in [0.4, 0.5) is 22.7 Å². The fourth-order valence-electron chi connectivity index (χ4n) is 4.53. The number of nitrogens with zero attached hydrogens (tertiary/aromatic N) is 4. The van der Waals surface area contributed by atoms with Crippen molar-refractivity contribution in [1.29, 1.82) is 0 Å². The Morgan fingerprint density at radius 2 is 1.33 bits per heavy atom. The lowest BCUT2D eigenvalue weighted by Gasteiger charge is -2.32. The number of hydrogen-bond acceptors (Lipinski definition) is 8. The van der Waals surface area contributed by atoms with Crippen LogP contribution in [0.2, 0.25) is 0 Å². The normalized spacial score (nSPS) is 13.3. The second-order valence-corrected chi connectivity index (χ2v) is 10.8. The summed E-state index contributed by atoms with van der Waals surface area (Å²) >= 11 is 0. The molecule has 0 saturated heterocycles. The standard InChI is InChI=1S/C27H24N4O5/c1-26(2,3)20-23-25(36-19-12-15(31(33)34)8-10-17(19)30-23)21(27(4,5)6)22-24(20)35-18-11-14(28-13-32)7-9-16(18)29-22/h7-12H,1-6H3. The molecule has 9 heteroatoms. The molecule has 5 rings (SSSR count). The van der Waals surface area contributed by atoms with Crippen LogP contribution in [0.15, 0.2) is 51.4 Å². The van der Waals surface area contributed by atoms with Crippen molar-refractivity contribution in [3.05, 3.63) is 68.4 Å². The molecule has 3 aromatic carbocycles. The monoisotopic (exact) mass is 484 g/mol. The van der Waals surface area contributed by atoms with Crippen LogP contribution in [0.1, 0.15) is 52.7 Å². The van der Waals surface area contributed by atoms with Crippen molar-refractivity contribution >= 4 is 28.8 Å². The van der Waals surface area contributed by atoms with Crippen molar-refractivity contribution in [1.82, 2.24) is 0 Å². The van der Waals surface area contributed by atoms with Gasteiger partial charge in [-0.1, -0.05) is 41.5 Å². The van der Waals surface area contributed by atoms with Crippen LogP contribution in [0.3, 0.4) is 0 Å². The highest BCUT2D eigenvalue weighted by molar-refractivity contribution is 5.68. The van der Waals surface area contributed by atoms with Crippen molar-refractivity contribution in [3.63, 3.8) is 0 Å². The number of hydrogen-bond donors (Lipinski definition) is 0. The Morgan fingerprint density at radius 1 is 0.833 bits per heavy atom. The van der Waals surface area contributed by atoms with E-state index in [4.69, 9.17) is 19.5 Å². The Labute approximate surface area is 207 Å². The third-order valence-corrected chi connectivity index (χ3v) is 6.02. The summed E-state index contributed by atoms with van der Waals surface area (Å²) in [6.07, 6.45) is 1.55. The highest BCUT2D eigenvalue weighted by Gasteiger charge is 2.36. The van der Waals surface area contributed by atoms with Crippen molar-refractivity contribution in [2.24, 2.45) is 15.0 Å². The molecule has 0 radical (unpaired) electrons. The number of rotatable bonds is 2. The van der Waals surface area contributed by atoms with Gasteiger partial charge in [-0.05, 0) is 29.0 Å². The molecule has 36 heavy (non-hydrogen) atoms. The van der Waals surface area contributed by atoms with Gasteiger partial charge in [0.05, 0.1) is 16.7 Å². The van der Waals surface area contributed by atoms with Crippen LogP contribution in [-0.4, -0.2) is 11.0 Å². The van der Waals surface area contributed by atoms with Gasteiger partial charge in [-0.25, -0.2) is 14.8 Å². The maximum Gasteiger partial charge on any atom is 0.273 e. The van der Waals surface area contributed by atoms with Gasteiger partial charge in [-0.15, -0.1) is 0 Å². The lowest BCUT2D eigenvalue weighted by atomic mass is 9.79. The van der Waals surface area contributed by atoms with Crippen LogP contribution in [0, 0.1) is 10.1 Å². The molecule has 0 aromatic heterocycles. The lowest BCUT2D eigenvalue weighted by Crippen LogP contribution is -2.37. The average Bonchev–Trinajstić information content (AvgIpc) is 2.78. The SMILES string of the molecule is CC(C)(C)c1c2c(c(C(C)(C)C)c3c1=Nc1ccc(N=C=O)cc1O3)=Nc1ccc([N+](=O)[O-])cc1O2. The number of non-ortho nitro benzene ring substituents is 1. The predicted molar refractivity (Wildman–Crippen MR) is 133 cm³/mol. The fraction of sp³-hybridized carbons (Fsp3) is 0.296. The highest BCUT2D eigenvalue weighted by Crippen LogP contribution is 2.46. The van der Waals surface area contributed by atoms with Gasteiger partial charge in [0.25, 0.3) is 5.69 Å². The molecule has 0 bridgehead atoms. The summed E-state index contributed by atoms with van der Waals surface area (Å²) in [4.78, 5) is 35.3. The van der Waals surface area contributed by atoms with E-state index >= 15 is 0 Å². The van der Waals surface area contributed by atoms with Gasteiger partial charge in [0.2, 0.25) is 6.08 Å². The Hall–Kier alpha value is -4.36. The van der Waals surface area contributed by atoms with Crippen molar-refractivity contribution in [3.8, 4) is 23.0 Å². The third kappa shape index (κ3) is 3.74. The molecular weight excluding hydrogens is 460 g/mol. The van der Waals surface area contributed by atoms with Crippen LogP contribution in [0.25, 0.3) is 0 Å². The topological polar surface area (TPSA) is 116 Å². The summed E-state index contributed by atoms with van der Waals surface area (Å²) in [6.45, 7) is 12.3. The van der Waals surface area contributed by atoms with Crippen molar-refractivity contribution in [2.75, 3.05) is 0 Å². The van der Waals surface area contributed by atoms with Crippen LogP contribution >= 0.6 is 0 Å². The van der Waals surface area contributed by atoms with Crippen LogP contribution in [-0.2, 0) is 15.6 Å². The quantitative estimate of drug-likeness (QED) is 0.127. The van der Waals surface area contributed by atoms with Gasteiger partial charge in [-0.3, -0.25) is 10.1 Å². The molecule has 0 atom stereocenters. The van der Waals surface area contributed by atoms with Crippen molar-refractivity contribution in [2.45, 2.75) is 52.4 Å². The minimum Gasteiger partial charge on any atom is -0.452 e. The van der Waals surface area contributed by atoms with Crippen LogP contribution < -0.4 is 20.2 Å². The van der Waals surface area contributed by atoms with E-state index in [9.17, 15) is 14.9 Å². The van der Waals surface area contributed by atoms with E-state index < -0.39 is 15.8 Å². The maximum atomic E-state index is 11.4. The van der Waals surface area contributed by atoms with E-state index in [-0.39, 0.29) is 5.69 Å². The third-order valence-electron chi connectivity index (χ3n) is 6.02. The lowest BCUT2D eigenvalue weighted by molar-refractivity contribution is -0.384. The van der Waals surface area contributed by atoms with Gasteiger partial charge in [0.1, 0.15) is 22.1 Å². The molecule has 0 amide bonds. The highest BCUT2D eigenvalue weighted by atomic mass is 16.6. The first-order chi connectivity index (χ1) is 16.9. The first-order valence-corrected chi connectivity index (χ1v) is 11.4. The molecule has 3 aromatic rings. The van der Waals surface area contributed by atoms with Gasteiger partial charge in [0, 0.05) is 23.3 Å². The number of carbonyl (C=O) groups excluding carboxylic acids is 1. The number of isocyanates is 1. The average molecular weight is 485 g/mol. The van der Waals surface area contributed by atoms with E-state index in [1.807, 2.05) is 41.5 Å². The van der Waals surface area contributed by atoms with Gasteiger partial charge in [-0.2, -0.15) is 4.99 Å².